The summed E-state index contributed by atoms with van der Waals surface area (Å²) in [5.74, 6) is 0. The Morgan fingerprint density at radius 2 is 2.42 bits per heavy atom. The maximum Gasteiger partial charge on any atom is 0.133 e. The molecule has 0 aliphatic carbocycles. The number of carbonyl (C=O) groups excluding carboxylic acids is 1. The number of rotatable bonds is 3. The Hall–Kier alpha value is -0.410. The van der Waals surface area contributed by atoms with Crippen LogP contribution in [0.15, 0.2) is 0 Å². The van der Waals surface area contributed by atoms with E-state index in [-0.39, 0.29) is 0 Å². The molecule has 0 aromatic carbocycles. The summed E-state index contributed by atoms with van der Waals surface area (Å²) in [5.41, 5.74) is 0. The molecule has 1 aliphatic heterocycles. The summed E-state index contributed by atoms with van der Waals surface area (Å²) in [6.45, 7) is 2.87. The number of nitrogens with zero attached hydrogens (tertiary/aromatic N) is 2. The van der Waals surface area contributed by atoms with Crippen molar-refractivity contribution in [3.63, 3.8) is 0 Å². The van der Waals surface area contributed by atoms with E-state index in [1.807, 2.05) is 7.05 Å². The van der Waals surface area contributed by atoms with E-state index in [1.54, 1.807) is 0 Å². The molecule has 1 fully saturated rings. The molecule has 0 radical (unpaired) electrons. The van der Waals surface area contributed by atoms with Crippen LogP contribution < -0.4 is 0 Å². The van der Waals surface area contributed by atoms with Crippen LogP contribution in [0.3, 0.4) is 0 Å². The van der Waals surface area contributed by atoms with Gasteiger partial charge in [0.15, 0.2) is 0 Å². The first-order chi connectivity index (χ1) is 5.74. The Morgan fingerprint density at radius 1 is 1.67 bits per heavy atom. The normalized spacial score (nSPS) is 26.1. The summed E-state index contributed by atoms with van der Waals surface area (Å²) in [6.07, 6.45) is 3.47. The zero-order valence-electron chi connectivity index (χ0n) is 7.99. The van der Waals surface area contributed by atoms with Crippen LogP contribution in [0.4, 0.5) is 0 Å². The topological polar surface area (TPSA) is 23.6 Å². The summed E-state index contributed by atoms with van der Waals surface area (Å²) < 4.78 is 0. The predicted molar refractivity (Wildman–Crippen MR) is 49.2 cm³/mol. The smallest absolute Gasteiger partial charge is 0.133 e. The average Bonchev–Trinajstić information content (AvgIpc) is 2.05. The zero-order chi connectivity index (χ0) is 8.97. The van der Waals surface area contributed by atoms with E-state index >= 15 is 0 Å². The van der Waals surface area contributed by atoms with Crippen molar-refractivity contribution >= 4 is 6.29 Å². The summed E-state index contributed by atoms with van der Waals surface area (Å²) in [7, 11) is 4.17. The molecule has 0 amide bonds. The molecule has 0 aromatic rings. The molecule has 0 spiro atoms. The second-order valence-electron chi connectivity index (χ2n) is 3.66. The van der Waals surface area contributed by atoms with Gasteiger partial charge in [-0.25, -0.2) is 0 Å². The number of likely N-dealkylation sites (N-methyl/N-ethyl adjacent to an activating group) is 2. The van der Waals surface area contributed by atoms with Crippen molar-refractivity contribution in [2.75, 3.05) is 33.7 Å². The summed E-state index contributed by atoms with van der Waals surface area (Å²) in [6, 6.07) is 0.578. The average molecular weight is 170 g/mol. The van der Waals surface area contributed by atoms with Gasteiger partial charge in [-0.2, -0.15) is 0 Å². The van der Waals surface area contributed by atoms with Crippen molar-refractivity contribution in [1.82, 2.24) is 9.80 Å². The van der Waals surface area contributed by atoms with E-state index < -0.39 is 0 Å². The predicted octanol–water partition coefficient (Wildman–Crippen LogP) is 0.211. The molecule has 12 heavy (non-hydrogen) atoms. The number of likely N-dealkylation sites (tertiary alicyclic amines) is 1. The number of hydrogen-bond acceptors (Lipinski definition) is 3. The minimum absolute atomic E-state index is 0.568. The lowest BCUT2D eigenvalue weighted by Gasteiger charge is -2.34. The van der Waals surface area contributed by atoms with E-state index in [0.29, 0.717) is 12.6 Å². The van der Waals surface area contributed by atoms with Gasteiger partial charge in [0.1, 0.15) is 6.29 Å². The molecular formula is C9H18N2O. The molecule has 70 valence electrons. The zero-order valence-corrected chi connectivity index (χ0v) is 7.99. The van der Waals surface area contributed by atoms with Crippen molar-refractivity contribution < 1.29 is 4.79 Å². The lowest BCUT2D eigenvalue weighted by molar-refractivity contribution is -0.109. The fourth-order valence-corrected chi connectivity index (χ4v) is 1.77. The van der Waals surface area contributed by atoms with Crippen LogP contribution in [0.1, 0.15) is 12.8 Å². The maximum absolute atomic E-state index is 10.3. The van der Waals surface area contributed by atoms with E-state index in [2.05, 4.69) is 16.8 Å². The Labute approximate surface area is 74.3 Å². The maximum atomic E-state index is 10.3. The fourth-order valence-electron chi connectivity index (χ4n) is 1.77. The van der Waals surface area contributed by atoms with Gasteiger partial charge in [-0.15, -0.1) is 0 Å². The van der Waals surface area contributed by atoms with Crippen LogP contribution >= 0.6 is 0 Å². The lowest BCUT2D eigenvalue weighted by Crippen LogP contribution is -2.45. The molecule has 1 atom stereocenters. The summed E-state index contributed by atoms with van der Waals surface area (Å²) in [4.78, 5) is 14.8. The van der Waals surface area contributed by atoms with Gasteiger partial charge >= 0.3 is 0 Å². The molecular weight excluding hydrogens is 152 g/mol. The minimum atomic E-state index is 0.568. The Balaban J connectivity index is 2.34. The first-order valence-corrected chi connectivity index (χ1v) is 4.56. The van der Waals surface area contributed by atoms with Crippen LogP contribution in [0.5, 0.6) is 0 Å². The molecule has 3 heteroatoms. The Kier molecular flexibility index (Phi) is 3.69. The highest BCUT2D eigenvalue weighted by Crippen LogP contribution is 2.12. The standard InChI is InChI=1S/C9H18N2O/c1-10-5-3-4-9(8-10)11(2)6-7-12/h7,9H,3-6,8H2,1-2H3. The van der Waals surface area contributed by atoms with Crippen molar-refractivity contribution in [3.8, 4) is 0 Å². The van der Waals surface area contributed by atoms with E-state index in [0.717, 1.165) is 12.8 Å². The van der Waals surface area contributed by atoms with Crippen LogP contribution in [-0.2, 0) is 4.79 Å². The van der Waals surface area contributed by atoms with Crippen molar-refractivity contribution in [2.24, 2.45) is 0 Å². The van der Waals surface area contributed by atoms with E-state index in [4.69, 9.17) is 0 Å². The molecule has 1 saturated heterocycles. The van der Waals surface area contributed by atoms with Gasteiger partial charge in [-0.05, 0) is 33.5 Å². The quantitative estimate of drug-likeness (QED) is 0.566. The molecule has 0 saturated carbocycles. The van der Waals surface area contributed by atoms with Gasteiger partial charge in [0.25, 0.3) is 0 Å². The van der Waals surface area contributed by atoms with E-state index in [9.17, 15) is 4.79 Å². The second kappa shape index (κ2) is 4.58. The molecule has 3 nitrogen and oxygen atoms in total. The second-order valence-corrected chi connectivity index (χ2v) is 3.66. The first kappa shape index (κ1) is 9.68. The monoisotopic (exact) mass is 170 g/mol. The first-order valence-electron chi connectivity index (χ1n) is 4.56. The Bertz CT molecular complexity index is 149. The minimum Gasteiger partial charge on any atom is -0.305 e. The van der Waals surface area contributed by atoms with Gasteiger partial charge in [0.2, 0.25) is 0 Å². The molecule has 0 aromatic heterocycles. The third kappa shape index (κ3) is 2.57. The lowest BCUT2D eigenvalue weighted by atomic mass is 10.1. The van der Waals surface area contributed by atoms with Crippen LogP contribution in [0.2, 0.25) is 0 Å². The fraction of sp³-hybridized carbons (Fsp3) is 0.889. The van der Waals surface area contributed by atoms with E-state index in [1.165, 1.54) is 19.4 Å². The molecule has 1 unspecified atom stereocenters. The van der Waals surface area contributed by atoms with Gasteiger partial charge in [-0.1, -0.05) is 0 Å². The summed E-state index contributed by atoms with van der Waals surface area (Å²) >= 11 is 0. The SMILES string of the molecule is CN1CCCC(N(C)CC=O)C1. The molecule has 0 N–H and O–H groups in total. The molecule has 0 bridgehead atoms. The van der Waals surface area contributed by atoms with Crippen molar-refractivity contribution in [3.05, 3.63) is 0 Å². The number of piperidine rings is 1. The number of carbonyl (C=O) groups is 1. The number of aldehydes is 1. The van der Waals surface area contributed by atoms with Gasteiger partial charge in [0.05, 0.1) is 6.54 Å². The highest BCUT2D eigenvalue weighted by Gasteiger charge is 2.20. The third-order valence-corrected chi connectivity index (χ3v) is 2.59. The molecule has 1 heterocycles. The van der Waals surface area contributed by atoms with Gasteiger partial charge < -0.3 is 9.69 Å². The third-order valence-electron chi connectivity index (χ3n) is 2.59. The van der Waals surface area contributed by atoms with Crippen molar-refractivity contribution in [1.29, 1.82) is 0 Å². The van der Waals surface area contributed by atoms with Crippen LogP contribution in [0, 0.1) is 0 Å². The van der Waals surface area contributed by atoms with Crippen LogP contribution in [-0.4, -0.2) is 55.9 Å². The van der Waals surface area contributed by atoms with Crippen molar-refractivity contribution in [2.45, 2.75) is 18.9 Å². The summed E-state index contributed by atoms with van der Waals surface area (Å²) in [5, 5.41) is 0. The molecule has 1 rings (SSSR count). The van der Waals surface area contributed by atoms with Gasteiger partial charge in [0, 0.05) is 12.6 Å². The number of hydrogen-bond donors (Lipinski definition) is 0. The highest BCUT2D eigenvalue weighted by atomic mass is 16.1. The van der Waals surface area contributed by atoms with Gasteiger partial charge in [-0.3, -0.25) is 4.90 Å². The Morgan fingerprint density at radius 3 is 3.00 bits per heavy atom. The molecule has 1 aliphatic rings. The van der Waals surface area contributed by atoms with Crippen LogP contribution in [0.25, 0.3) is 0 Å². The largest absolute Gasteiger partial charge is 0.305 e. The highest BCUT2D eigenvalue weighted by molar-refractivity contribution is 5.51.